The van der Waals surface area contributed by atoms with E-state index in [1.54, 1.807) is 12.2 Å². The molecule has 0 bridgehead atoms. The van der Waals surface area contributed by atoms with Gasteiger partial charge in [-0.25, -0.2) is 4.79 Å². The maximum Gasteiger partial charge on any atom is 0.326 e. The summed E-state index contributed by atoms with van der Waals surface area (Å²) in [6, 6.07) is -1.14. The normalized spacial score (nSPS) is 18.4. The van der Waals surface area contributed by atoms with Crippen molar-refractivity contribution in [3.05, 3.63) is 23.3 Å². The molecule has 0 aromatic carbocycles. The van der Waals surface area contributed by atoms with Gasteiger partial charge in [0.05, 0.1) is 0 Å². The van der Waals surface area contributed by atoms with Gasteiger partial charge in [-0.15, -0.1) is 0 Å². The summed E-state index contributed by atoms with van der Waals surface area (Å²) in [5.74, 6) is -2.26. The standard InChI is InChI=1S/C12H15NO4/c1-4-5-6-9-7(2)10(14)13(11(9)15)8(3)12(16)17/h5-6,8H,4H2,1-3H3,(H,16,17)/b6-5-. The van der Waals surface area contributed by atoms with Crippen LogP contribution in [0.4, 0.5) is 0 Å². The molecule has 0 saturated carbocycles. The second kappa shape index (κ2) is 4.95. The van der Waals surface area contributed by atoms with Crippen LogP contribution in [-0.4, -0.2) is 33.8 Å². The SMILES string of the molecule is CC/C=C\C1=C(C)C(=O)N(C(C)C(=O)O)C1=O. The van der Waals surface area contributed by atoms with Crippen molar-refractivity contribution in [2.75, 3.05) is 0 Å². The molecule has 92 valence electrons. The third-order valence-electron chi connectivity index (χ3n) is 2.66. The van der Waals surface area contributed by atoms with Gasteiger partial charge in [-0.05, 0) is 20.3 Å². The first-order chi connectivity index (χ1) is 7.91. The summed E-state index contributed by atoms with van der Waals surface area (Å²) in [6.07, 6.45) is 4.08. The maximum absolute atomic E-state index is 11.9. The first kappa shape index (κ1) is 13.2. The molecule has 0 radical (unpaired) electrons. The lowest BCUT2D eigenvalue weighted by Gasteiger charge is -2.18. The number of hydrogen-bond donors (Lipinski definition) is 1. The molecule has 5 nitrogen and oxygen atoms in total. The number of aliphatic carboxylic acids is 1. The van der Waals surface area contributed by atoms with E-state index < -0.39 is 23.8 Å². The minimum absolute atomic E-state index is 0.282. The number of nitrogens with zero attached hydrogens (tertiary/aromatic N) is 1. The molecule has 0 saturated heterocycles. The van der Waals surface area contributed by atoms with Gasteiger partial charge in [0, 0.05) is 11.1 Å². The molecule has 1 heterocycles. The molecule has 0 spiro atoms. The van der Waals surface area contributed by atoms with Gasteiger partial charge in [0.1, 0.15) is 6.04 Å². The number of carboxylic acid groups (broad SMARTS) is 1. The quantitative estimate of drug-likeness (QED) is 0.743. The largest absolute Gasteiger partial charge is 0.480 e. The molecule has 0 aliphatic carbocycles. The zero-order valence-electron chi connectivity index (χ0n) is 10.1. The van der Waals surface area contributed by atoms with E-state index in [0.29, 0.717) is 5.57 Å². The second-order valence-electron chi connectivity index (χ2n) is 3.84. The minimum Gasteiger partial charge on any atom is -0.480 e. The summed E-state index contributed by atoms with van der Waals surface area (Å²) >= 11 is 0. The summed E-state index contributed by atoms with van der Waals surface area (Å²) in [7, 11) is 0. The van der Waals surface area contributed by atoms with E-state index in [4.69, 9.17) is 5.11 Å². The van der Waals surface area contributed by atoms with Gasteiger partial charge < -0.3 is 5.11 Å². The molecule has 1 rings (SSSR count). The zero-order chi connectivity index (χ0) is 13.2. The Labute approximate surface area is 99.4 Å². The van der Waals surface area contributed by atoms with Gasteiger partial charge in [0.25, 0.3) is 11.8 Å². The van der Waals surface area contributed by atoms with Crippen LogP contribution in [0, 0.1) is 0 Å². The Bertz CT molecular complexity index is 434. The molecule has 0 aromatic rings. The molecular formula is C12H15NO4. The van der Waals surface area contributed by atoms with Crippen LogP contribution in [0.2, 0.25) is 0 Å². The Balaban J connectivity index is 3.07. The van der Waals surface area contributed by atoms with Gasteiger partial charge in [-0.1, -0.05) is 19.1 Å². The van der Waals surface area contributed by atoms with Crippen molar-refractivity contribution in [1.82, 2.24) is 4.90 Å². The van der Waals surface area contributed by atoms with Crippen LogP contribution in [0.3, 0.4) is 0 Å². The first-order valence-corrected chi connectivity index (χ1v) is 5.39. The van der Waals surface area contributed by atoms with E-state index in [1.807, 2.05) is 6.92 Å². The van der Waals surface area contributed by atoms with Gasteiger partial charge in [-0.3, -0.25) is 14.5 Å². The highest BCUT2D eigenvalue weighted by Gasteiger charge is 2.39. The zero-order valence-corrected chi connectivity index (χ0v) is 10.1. The summed E-state index contributed by atoms with van der Waals surface area (Å²) in [5, 5.41) is 8.84. The Hall–Kier alpha value is -1.91. The summed E-state index contributed by atoms with van der Waals surface area (Å²) in [4.78, 5) is 35.3. The molecule has 17 heavy (non-hydrogen) atoms. The summed E-state index contributed by atoms with van der Waals surface area (Å²) in [6.45, 7) is 4.76. The number of carboxylic acids is 1. The summed E-state index contributed by atoms with van der Waals surface area (Å²) in [5.41, 5.74) is 0.581. The lowest BCUT2D eigenvalue weighted by atomic mass is 10.1. The molecule has 1 N–H and O–H groups in total. The first-order valence-electron chi connectivity index (χ1n) is 5.39. The lowest BCUT2D eigenvalue weighted by molar-refractivity contribution is -0.152. The number of carbonyl (C=O) groups excluding carboxylic acids is 2. The fourth-order valence-electron chi connectivity index (χ4n) is 1.57. The van der Waals surface area contributed by atoms with Crippen LogP contribution < -0.4 is 0 Å². The van der Waals surface area contributed by atoms with E-state index in [9.17, 15) is 14.4 Å². The van der Waals surface area contributed by atoms with Crippen molar-refractivity contribution >= 4 is 17.8 Å². The Morgan fingerprint density at radius 2 is 2.00 bits per heavy atom. The van der Waals surface area contributed by atoms with Crippen LogP contribution >= 0.6 is 0 Å². The lowest BCUT2D eigenvalue weighted by Crippen LogP contribution is -2.43. The average Bonchev–Trinajstić information content (AvgIpc) is 2.48. The van der Waals surface area contributed by atoms with Crippen LogP contribution in [0.5, 0.6) is 0 Å². The number of allylic oxidation sites excluding steroid dienone is 1. The number of hydrogen-bond acceptors (Lipinski definition) is 3. The van der Waals surface area contributed by atoms with E-state index in [0.717, 1.165) is 11.3 Å². The smallest absolute Gasteiger partial charge is 0.326 e. The summed E-state index contributed by atoms with van der Waals surface area (Å²) < 4.78 is 0. The predicted molar refractivity (Wildman–Crippen MR) is 61.1 cm³/mol. The monoisotopic (exact) mass is 237 g/mol. The molecule has 5 heteroatoms. The fourth-order valence-corrected chi connectivity index (χ4v) is 1.57. The molecule has 1 aliphatic rings. The van der Waals surface area contributed by atoms with E-state index in [2.05, 4.69) is 0 Å². The minimum atomic E-state index is -1.19. The molecule has 0 aromatic heterocycles. The van der Waals surface area contributed by atoms with Crippen molar-refractivity contribution < 1.29 is 19.5 Å². The van der Waals surface area contributed by atoms with Gasteiger partial charge >= 0.3 is 5.97 Å². The number of rotatable bonds is 4. The van der Waals surface area contributed by atoms with E-state index >= 15 is 0 Å². The van der Waals surface area contributed by atoms with Gasteiger partial charge in [-0.2, -0.15) is 0 Å². The molecule has 0 fully saturated rings. The highest BCUT2D eigenvalue weighted by molar-refractivity contribution is 6.21. The third-order valence-corrected chi connectivity index (χ3v) is 2.66. The number of imide groups is 1. The van der Waals surface area contributed by atoms with Crippen molar-refractivity contribution in [1.29, 1.82) is 0 Å². The number of carbonyl (C=O) groups is 3. The highest BCUT2D eigenvalue weighted by Crippen LogP contribution is 2.23. The van der Waals surface area contributed by atoms with E-state index in [1.165, 1.54) is 13.8 Å². The van der Waals surface area contributed by atoms with Crippen molar-refractivity contribution in [3.8, 4) is 0 Å². The predicted octanol–water partition coefficient (Wildman–Crippen LogP) is 1.11. The van der Waals surface area contributed by atoms with Crippen molar-refractivity contribution in [2.45, 2.75) is 33.2 Å². The van der Waals surface area contributed by atoms with Crippen LogP contribution in [-0.2, 0) is 14.4 Å². The maximum atomic E-state index is 11.9. The van der Waals surface area contributed by atoms with Crippen molar-refractivity contribution in [2.24, 2.45) is 0 Å². The molecule has 1 unspecified atom stereocenters. The second-order valence-corrected chi connectivity index (χ2v) is 3.84. The van der Waals surface area contributed by atoms with Crippen LogP contribution in [0.15, 0.2) is 23.3 Å². The average molecular weight is 237 g/mol. The highest BCUT2D eigenvalue weighted by atomic mass is 16.4. The Morgan fingerprint density at radius 1 is 1.41 bits per heavy atom. The Morgan fingerprint density at radius 3 is 2.47 bits per heavy atom. The number of amides is 2. The molecule has 2 amide bonds. The topological polar surface area (TPSA) is 74.7 Å². The Kier molecular flexibility index (Phi) is 3.83. The van der Waals surface area contributed by atoms with Gasteiger partial charge in [0.2, 0.25) is 0 Å². The third kappa shape index (κ3) is 2.27. The fraction of sp³-hybridized carbons (Fsp3) is 0.417. The van der Waals surface area contributed by atoms with Crippen LogP contribution in [0.1, 0.15) is 27.2 Å². The van der Waals surface area contributed by atoms with E-state index in [-0.39, 0.29) is 5.57 Å². The van der Waals surface area contributed by atoms with Crippen molar-refractivity contribution in [3.63, 3.8) is 0 Å². The molecule has 1 aliphatic heterocycles. The van der Waals surface area contributed by atoms with Crippen LogP contribution in [0.25, 0.3) is 0 Å². The molecular weight excluding hydrogens is 222 g/mol. The molecule has 1 atom stereocenters. The van der Waals surface area contributed by atoms with Gasteiger partial charge in [0.15, 0.2) is 0 Å².